The smallest absolute Gasteiger partial charge is 0.435 e. The molecule has 0 aliphatic rings. The van der Waals surface area contributed by atoms with Crippen LogP contribution >= 0.6 is 11.6 Å². The molecule has 2 aromatic rings. The van der Waals surface area contributed by atoms with Crippen LogP contribution in [-0.4, -0.2) is 63.4 Å². The first-order chi connectivity index (χ1) is 22.3. The number of nitrogen functional groups attached to an aromatic ring is 2. The first-order valence-corrected chi connectivity index (χ1v) is 15.8. The third-order valence-electron chi connectivity index (χ3n) is 6.08. The highest BCUT2D eigenvalue weighted by Gasteiger charge is 2.21. The van der Waals surface area contributed by atoms with Crippen molar-refractivity contribution in [3.05, 3.63) is 46.2 Å². The minimum Gasteiger partial charge on any atom is -0.444 e. The molecule has 16 heteroatoms. The number of hydrogen-bond donors (Lipinski definition) is 5. The molecule has 0 unspecified atom stereocenters. The van der Waals surface area contributed by atoms with Crippen LogP contribution in [0.1, 0.15) is 95.3 Å². The van der Waals surface area contributed by atoms with Crippen molar-refractivity contribution in [3.8, 4) is 0 Å². The molecule has 0 bridgehead atoms. The largest absolute Gasteiger partial charge is 0.444 e. The van der Waals surface area contributed by atoms with E-state index in [1.807, 2.05) is 24.3 Å². The number of aromatic nitrogens is 2. The van der Waals surface area contributed by atoms with Crippen LogP contribution < -0.4 is 27.8 Å². The number of carbonyl (C=O) groups is 4. The van der Waals surface area contributed by atoms with Gasteiger partial charge in [0.1, 0.15) is 22.8 Å². The summed E-state index contributed by atoms with van der Waals surface area (Å²) in [5.74, 6) is -0.978. The third-order valence-corrected chi connectivity index (χ3v) is 6.35. The maximum absolute atomic E-state index is 12.7. The van der Waals surface area contributed by atoms with Gasteiger partial charge >= 0.3 is 12.2 Å². The molecule has 0 aliphatic heterocycles. The molecular formula is C32H46ClN9O6. The fraction of sp³-hybridized carbons (Fsp3) is 0.500. The summed E-state index contributed by atoms with van der Waals surface area (Å²) in [5.41, 5.74) is 17.3. The lowest BCUT2D eigenvalue weighted by atomic mass is 10.0. The number of ether oxygens (including phenoxy) is 2. The molecule has 0 radical (unpaired) electrons. The Morgan fingerprint density at radius 1 is 0.833 bits per heavy atom. The number of amides is 3. The lowest BCUT2D eigenvalue weighted by molar-refractivity contribution is -0.118. The monoisotopic (exact) mass is 687 g/mol. The number of amidine groups is 1. The number of hydrogen-bond acceptors (Lipinski definition) is 11. The quantitative estimate of drug-likeness (QED) is 0.118. The molecule has 1 aromatic heterocycles. The second-order valence-corrected chi connectivity index (χ2v) is 13.2. The highest BCUT2D eigenvalue weighted by atomic mass is 35.5. The van der Waals surface area contributed by atoms with Gasteiger partial charge in [-0.3, -0.25) is 25.2 Å². The van der Waals surface area contributed by atoms with Gasteiger partial charge < -0.3 is 26.7 Å². The zero-order valence-corrected chi connectivity index (χ0v) is 29.1. The average molecular weight is 688 g/mol. The van der Waals surface area contributed by atoms with Gasteiger partial charge in [0.25, 0.3) is 5.91 Å². The number of aryl methyl sites for hydroxylation is 1. The topological polar surface area (TPSA) is 239 Å². The average Bonchev–Trinajstić information content (AvgIpc) is 2.93. The highest BCUT2D eigenvalue weighted by molar-refractivity contribution is 6.31. The SMILES string of the molecule is CC(C)(C)OC(=O)N=C(CCCC(=O)Cc1ccc(CCCCN=C(N)NC(=O)c2nc(Cl)c(N)nc2N)cc1)NC(=O)OC(C)(C)C. The summed E-state index contributed by atoms with van der Waals surface area (Å²) < 4.78 is 10.5. The maximum Gasteiger partial charge on any atom is 0.435 e. The first kappa shape index (κ1) is 39.4. The van der Waals surface area contributed by atoms with Crippen molar-refractivity contribution in [1.29, 1.82) is 0 Å². The van der Waals surface area contributed by atoms with Crippen molar-refractivity contribution < 1.29 is 28.7 Å². The van der Waals surface area contributed by atoms with E-state index < -0.39 is 29.3 Å². The number of aliphatic imine (C=N–C) groups is 2. The normalized spacial score (nSPS) is 12.3. The van der Waals surface area contributed by atoms with Crippen LogP contribution in [0.4, 0.5) is 21.2 Å². The van der Waals surface area contributed by atoms with Crippen LogP contribution in [0.5, 0.6) is 0 Å². The lowest BCUT2D eigenvalue weighted by Crippen LogP contribution is -2.38. The van der Waals surface area contributed by atoms with E-state index in [2.05, 4.69) is 30.6 Å². The van der Waals surface area contributed by atoms with E-state index in [-0.39, 0.29) is 59.3 Å². The van der Waals surface area contributed by atoms with Crippen molar-refractivity contribution in [2.45, 2.75) is 97.7 Å². The Morgan fingerprint density at radius 2 is 1.46 bits per heavy atom. The number of benzene rings is 1. The molecule has 0 saturated carbocycles. The zero-order valence-electron chi connectivity index (χ0n) is 28.3. The summed E-state index contributed by atoms with van der Waals surface area (Å²) in [6, 6.07) is 7.77. The van der Waals surface area contributed by atoms with Gasteiger partial charge in [-0.1, -0.05) is 35.9 Å². The molecule has 0 saturated heterocycles. The molecule has 1 aromatic carbocycles. The summed E-state index contributed by atoms with van der Waals surface area (Å²) in [5, 5.41) is 4.75. The fourth-order valence-electron chi connectivity index (χ4n) is 4.02. The fourth-order valence-corrected chi connectivity index (χ4v) is 4.15. The summed E-state index contributed by atoms with van der Waals surface area (Å²) in [4.78, 5) is 65.1. The molecule has 262 valence electrons. The second-order valence-electron chi connectivity index (χ2n) is 12.9. The number of alkyl carbamates (subject to hydrolysis) is 1. The van der Waals surface area contributed by atoms with Gasteiger partial charge in [0.2, 0.25) is 0 Å². The minimum atomic E-state index is -0.844. The Hall–Kier alpha value is -4.79. The Labute approximate surface area is 285 Å². The number of ketones is 1. The zero-order chi connectivity index (χ0) is 36.1. The number of carbonyl (C=O) groups excluding carboxylic acids is 4. The standard InChI is InChI=1S/C32H46ClN9O6/c1-31(2,3)47-29(45)38-22(39-30(46)48-32(4,5)6)12-9-11-21(43)18-20-15-13-19(14-16-20)10-7-8-17-37-28(36)42-27(44)23-25(34)41-26(35)24(33)40-23/h13-16H,7-12,17-18H2,1-6H3,(H4,34,35,41)(H3,36,37,42,44)(H,38,39,45,46). The van der Waals surface area contributed by atoms with Crippen molar-refractivity contribution >= 4 is 58.9 Å². The second kappa shape index (κ2) is 17.9. The molecule has 48 heavy (non-hydrogen) atoms. The van der Waals surface area contributed by atoms with Gasteiger partial charge in [0.05, 0.1) is 0 Å². The van der Waals surface area contributed by atoms with Crippen molar-refractivity contribution in [3.63, 3.8) is 0 Å². The summed E-state index contributed by atoms with van der Waals surface area (Å²) in [6.45, 7) is 10.7. The van der Waals surface area contributed by atoms with E-state index in [0.717, 1.165) is 24.0 Å². The predicted molar refractivity (Wildman–Crippen MR) is 185 cm³/mol. The van der Waals surface area contributed by atoms with Gasteiger partial charge in [-0.25, -0.2) is 19.6 Å². The molecule has 1 heterocycles. The number of guanidine groups is 1. The Balaban J connectivity index is 1.79. The van der Waals surface area contributed by atoms with Crippen LogP contribution in [0.3, 0.4) is 0 Å². The third kappa shape index (κ3) is 15.7. The molecule has 0 aliphatic carbocycles. The van der Waals surface area contributed by atoms with Crippen molar-refractivity contribution in [2.75, 3.05) is 18.0 Å². The first-order valence-electron chi connectivity index (χ1n) is 15.4. The molecule has 8 N–H and O–H groups in total. The number of nitrogens with two attached hydrogens (primary N) is 3. The van der Waals surface area contributed by atoms with Crippen LogP contribution in [0.15, 0.2) is 34.3 Å². The molecule has 2 rings (SSSR count). The molecule has 15 nitrogen and oxygen atoms in total. The number of nitrogens with zero attached hydrogens (tertiary/aromatic N) is 4. The molecule has 0 atom stereocenters. The Morgan fingerprint density at radius 3 is 2.08 bits per heavy atom. The van der Waals surface area contributed by atoms with Gasteiger partial charge in [0.15, 0.2) is 28.4 Å². The van der Waals surface area contributed by atoms with Gasteiger partial charge in [-0.05, 0) is 78.4 Å². The minimum absolute atomic E-state index is 0.00778. The van der Waals surface area contributed by atoms with Crippen LogP contribution in [0, 0.1) is 0 Å². The summed E-state index contributed by atoms with van der Waals surface area (Å²) in [7, 11) is 0. The number of Topliss-reactive ketones (excluding diaryl/α,β-unsaturated/α-hetero) is 1. The number of nitrogens with one attached hydrogen (secondary N) is 2. The number of halogens is 1. The predicted octanol–water partition coefficient (Wildman–Crippen LogP) is 4.50. The molecule has 0 fully saturated rings. The van der Waals surface area contributed by atoms with E-state index in [1.165, 1.54) is 0 Å². The Kier molecular flexibility index (Phi) is 14.7. The number of rotatable bonds is 12. The van der Waals surface area contributed by atoms with Crippen molar-refractivity contribution in [2.24, 2.45) is 15.7 Å². The molecular weight excluding hydrogens is 642 g/mol. The number of unbranched alkanes of at least 4 members (excludes halogenated alkanes) is 1. The maximum atomic E-state index is 12.7. The van der Waals surface area contributed by atoms with Crippen LogP contribution in [0.2, 0.25) is 5.15 Å². The van der Waals surface area contributed by atoms with E-state index in [0.29, 0.717) is 19.4 Å². The van der Waals surface area contributed by atoms with E-state index >= 15 is 0 Å². The van der Waals surface area contributed by atoms with Crippen LogP contribution in [-0.2, 0) is 27.1 Å². The van der Waals surface area contributed by atoms with E-state index in [1.54, 1.807) is 41.5 Å². The summed E-state index contributed by atoms with van der Waals surface area (Å²) in [6.07, 6.45) is 1.74. The Bertz CT molecular complexity index is 1510. The molecule has 3 amide bonds. The highest BCUT2D eigenvalue weighted by Crippen LogP contribution is 2.17. The van der Waals surface area contributed by atoms with Crippen molar-refractivity contribution in [1.82, 2.24) is 20.6 Å². The van der Waals surface area contributed by atoms with Gasteiger partial charge in [-0.2, -0.15) is 4.99 Å². The van der Waals surface area contributed by atoms with Gasteiger partial charge in [-0.15, -0.1) is 0 Å². The lowest BCUT2D eigenvalue weighted by Gasteiger charge is -2.20. The molecule has 0 spiro atoms. The van der Waals surface area contributed by atoms with Crippen LogP contribution in [0.25, 0.3) is 0 Å². The van der Waals surface area contributed by atoms with E-state index in [4.69, 9.17) is 38.3 Å². The van der Waals surface area contributed by atoms with E-state index in [9.17, 15) is 19.2 Å². The number of anilines is 2. The summed E-state index contributed by atoms with van der Waals surface area (Å²) >= 11 is 5.81. The van der Waals surface area contributed by atoms with Gasteiger partial charge in [0, 0.05) is 25.8 Å².